The van der Waals surface area contributed by atoms with Crippen molar-refractivity contribution in [2.24, 2.45) is 5.92 Å². The van der Waals surface area contributed by atoms with Gasteiger partial charge in [-0.1, -0.05) is 44.2 Å². The number of rotatable bonds is 4. The molecule has 88 valence electrons. The normalized spacial score (nSPS) is 14.6. The summed E-state index contributed by atoms with van der Waals surface area (Å²) in [6, 6.07) is 9.92. The Morgan fingerprint density at radius 2 is 1.88 bits per heavy atom. The van der Waals surface area contributed by atoms with Crippen LogP contribution in [0.4, 0.5) is 0 Å². The van der Waals surface area contributed by atoms with Crippen LogP contribution in [0.5, 0.6) is 0 Å². The van der Waals surface area contributed by atoms with Gasteiger partial charge in [0.1, 0.15) is 5.60 Å². The molecular formula is C14H20O2. The Kier molecular flexibility index (Phi) is 4.11. The molecule has 0 heterocycles. The zero-order valence-electron chi connectivity index (χ0n) is 10.5. The molecule has 1 aromatic carbocycles. The highest BCUT2D eigenvalue weighted by Gasteiger charge is 2.30. The minimum absolute atomic E-state index is 0.230. The molecule has 0 spiro atoms. The first kappa shape index (κ1) is 12.8. The fourth-order valence-corrected chi connectivity index (χ4v) is 2.11. The van der Waals surface area contributed by atoms with Gasteiger partial charge in [0.15, 0.2) is 0 Å². The van der Waals surface area contributed by atoms with Crippen LogP contribution in [0.15, 0.2) is 30.3 Å². The Bertz CT molecular complexity index is 343. The molecule has 16 heavy (non-hydrogen) atoms. The van der Waals surface area contributed by atoms with Crippen molar-refractivity contribution in [3.05, 3.63) is 35.9 Å². The monoisotopic (exact) mass is 220 g/mol. The maximum absolute atomic E-state index is 11.2. The Balaban J connectivity index is 2.99. The lowest BCUT2D eigenvalue weighted by atomic mass is 9.87. The molecule has 1 atom stereocenters. The summed E-state index contributed by atoms with van der Waals surface area (Å²) in [4.78, 5) is 11.2. The van der Waals surface area contributed by atoms with Gasteiger partial charge < -0.3 is 4.74 Å². The minimum Gasteiger partial charge on any atom is -0.455 e. The second-order valence-electron chi connectivity index (χ2n) is 4.79. The number of ether oxygens (including phenoxy) is 1. The molecule has 0 aliphatic heterocycles. The standard InChI is InChI=1S/C14H20O2/c1-11(2)10-14(4,16-12(3)15)13-8-6-5-7-9-13/h5-9,11H,10H2,1-4H3. The number of carbonyl (C=O) groups excluding carboxylic acids is 1. The predicted molar refractivity (Wildman–Crippen MR) is 65.0 cm³/mol. The summed E-state index contributed by atoms with van der Waals surface area (Å²) in [6.45, 7) is 7.70. The Morgan fingerprint density at radius 1 is 1.31 bits per heavy atom. The van der Waals surface area contributed by atoms with Gasteiger partial charge in [0.25, 0.3) is 0 Å². The van der Waals surface area contributed by atoms with E-state index in [1.165, 1.54) is 6.92 Å². The second kappa shape index (κ2) is 5.15. The number of hydrogen-bond donors (Lipinski definition) is 0. The van der Waals surface area contributed by atoms with E-state index in [1.54, 1.807) is 0 Å². The maximum Gasteiger partial charge on any atom is 0.303 e. The zero-order chi connectivity index (χ0) is 12.2. The molecule has 0 saturated carbocycles. The van der Waals surface area contributed by atoms with Gasteiger partial charge in [0, 0.05) is 6.92 Å². The van der Waals surface area contributed by atoms with Crippen molar-refractivity contribution in [1.82, 2.24) is 0 Å². The van der Waals surface area contributed by atoms with Gasteiger partial charge in [0.05, 0.1) is 0 Å². The summed E-state index contributed by atoms with van der Waals surface area (Å²) in [5.41, 5.74) is 0.542. The van der Waals surface area contributed by atoms with Crippen molar-refractivity contribution >= 4 is 5.97 Å². The highest BCUT2D eigenvalue weighted by molar-refractivity contribution is 5.66. The van der Waals surface area contributed by atoms with E-state index >= 15 is 0 Å². The minimum atomic E-state index is -0.513. The molecule has 0 aromatic heterocycles. The van der Waals surface area contributed by atoms with Gasteiger partial charge in [-0.2, -0.15) is 0 Å². The number of benzene rings is 1. The van der Waals surface area contributed by atoms with Gasteiger partial charge in [-0.3, -0.25) is 4.79 Å². The zero-order valence-corrected chi connectivity index (χ0v) is 10.5. The Hall–Kier alpha value is -1.31. The van der Waals surface area contributed by atoms with Crippen molar-refractivity contribution in [3.8, 4) is 0 Å². The van der Waals surface area contributed by atoms with Crippen LogP contribution in [0.3, 0.4) is 0 Å². The van der Waals surface area contributed by atoms with Gasteiger partial charge in [0.2, 0.25) is 0 Å². The lowest BCUT2D eigenvalue weighted by Crippen LogP contribution is -2.29. The van der Waals surface area contributed by atoms with Crippen LogP contribution < -0.4 is 0 Å². The molecule has 0 aliphatic rings. The first-order valence-electron chi connectivity index (χ1n) is 5.69. The third-order valence-electron chi connectivity index (χ3n) is 2.55. The maximum atomic E-state index is 11.2. The molecular weight excluding hydrogens is 200 g/mol. The van der Waals surface area contributed by atoms with E-state index in [1.807, 2.05) is 37.3 Å². The summed E-state index contributed by atoms with van der Waals surface area (Å²) in [5, 5.41) is 0. The van der Waals surface area contributed by atoms with E-state index in [-0.39, 0.29) is 5.97 Å². The lowest BCUT2D eigenvalue weighted by molar-refractivity contribution is -0.158. The van der Waals surface area contributed by atoms with Crippen molar-refractivity contribution < 1.29 is 9.53 Å². The topological polar surface area (TPSA) is 26.3 Å². The van der Waals surface area contributed by atoms with Crippen LogP contribution in [-0.2, 0) is 15.1 Å². The van der Waals surface area contributed by atoms with Crippen LogP contribution in [0.2, 0.25) is 0 Å². The SMILES string of the molecule is CC(=O)OC(C)(CC(C)C)c1ccccc1. The van der Waals surface area contributed by atoms with Crippen LogP contribution >= 0.6 is 0 Å². The highest BCUT2D eigenvalue weighted by Crippen LogP contribution is 2.32. The lowest BCUT2D eigenvalue weighted by Gasteiger charge is -2.31. The molecule has 0 bridgehead atoms. The number of carbonyl (C=O) groups is 1. The molecule has 1 rings (SSSR count). The van der Waals surface area contributed by atoms with Gasteiger partial charge in [-0.05, 0) is 24.8 Å². The van der Waals surface area contributed by atoms with Crippen molar-refractivity contribution in [2.75, 3.05) is 0 Å². The quantitative estimate of drug-likeness (QED) is 0.726. The molecule has 0 fully saturated rings. The number of esters is 1. The van der Waals surface area contributed by atoms with Gasteiger partial charge in [-0.15, -0.1) is 0 Å². The molecule has 2 nitrogen and oxygen atoms in total. The third kappa shape index (κ3) is 3.37. The van der Waals surface area contributed by atoms with E-state index < -0.39 is 5.60 Å². The largest absolute Gasteiger partial charge is 0.455 e. The summed E-state index contributed by atoms with van der Waals surface area (Å²) < 4.78 is 5.50. The van der Waals surface area contributed by atoms with Crippen LogP contribution in [0, 0.1) is 5.92 Å². The van der Waals surface area contributed by atoms with E-state index in [9.17, 15) is 4.79 Å². The fraction of sp³-hybridized carbons (Fsp3) is 0.500. The Labute approximate surface area is 97.6 Å². The summed E-state index contributed by atoms with van der Waals surface area (Å²) in [5.74, 6) is 0.247. The van der Waals surface area contributed by atoms with Crippen molar-refractivity contribution in [1.29, 1.82) is 0 Å². The first-order chi connectivity index (χ1) is 7.44. The molecule has 0 amide bonds. The molecule has 0 aliphatic carbocycles. The van der Waals surface area contributed by atoms with Gasteiger partial charge in [-0.25, -0.2) is 0 Å². The summed E-state index contributed by atoms with van der Waals surface area (Å²) >= 11 is 0. The van der Waals surface area contributed by atoms with E-state index in [0.29, 0.717) is 5.92 Å². The smallest absolute Gasteiger partial charge is 0.303 e. The van der Waals surface area contributed by atoms with E-state index in [0.717, 1.165) is 12.0 Å². The first-order valence-corrected chi connectivity index (χ1v) is 5.69. The van der Waals surface area contributed by atoms with Crippen LogP contribution in [-0.4, -0.2) is 5.97 Å². The summed E-state index contributed by atoms with van der Waals surface area (Å²) in [7, 11) is 0. The van der Waals surface area contributed by atoms with Gasteiger partial charge >= 0.3 is 5.97 Å². The molecule has 0 saturated heterocycles. The predicted octanol–water partition coefficient (Wildman–Crippen LogP) is 3.51. The molecule has 1 unspecified atom stereocenters. The second-order valence-corrected chi connectivity index (χ2v) is 4.79. The van der Waals surface area contributed by atoms with Crippen LogP contribution in [0.1, 0.15) is 39.7 Å². The van der Waals surface area contributed by atoms with Crippen molar-refractivity contribution in [3.63, 3.8) is 0 Å². The average Bonchev–Trinajstić information content (AvgIpc) is 2.16. The summed E-state index contributed by atoms with van der Waals surface area (Å²) in [6.07, 6.45) is 0.830. The average molecular weight is 220 g/mol. The van der Waals surface area contributed by atoms with E-state index in [4.69, 9.17) is 4.74 Å². The molecule has 0 N–H and O–H groups in total. The highest BCUT2D eigenvalue weighted by atomic mass is 16.6. The number of hydrogen-bond acceptors (Lipinski definition) is 2. The molecule has 0 radical (unpaired) electrons. The van der Waals surface area contributed by atoms with Crippen molar-refractivity contribution in [2.45, 2.75) is 39.7 Å². The van der Waals surface area contributed by atoms with E-state index in [2.05, 4.69) is 13.8 Å². The fourth-order valence-electron chi connectivity index (χ4n) is 2.11. The molecule has 2 heteroatoms. The molecule has 1 aromatic rings. The third-order valence-corrected chi connectivity index (χ3v) is 2.55. The van der Waals surface area contributed by atoms with Crippen LogP contribution in [0.25, 0.3) is 0 Å². The Morgan fingerprint density at radius 3 is 2.31 bits per heavy atom.